The van der Waals surface area contributed by atoms with E-state index in [1.165, 1.54) is 0 Å². The highest BCUT2D eigenvalue weighted by molar-refractivity contribution is 5.88. The van der Waals surface area contributed by atoms with Crippen LogP contribution in [0.15, 0.2) is 48.5 Å². The number of hydrogen-bond donors (Lipinski definition) is 2. The molecule has 0 aromatic heterocycles. The summed E-state index contributed by atoms with van der Waals surface area (Å²) in [5.74, 6) is -1.58. The van der Waals surface area contributed by atoms with Crippen LogP contribution < -0.4 is 5.32 Å². The summed E-state index contributed by atoms with van der Waals surface area (Å²) in [6, 6.07) is 15.2. The molecule has 0 spiro atoms. The zero-order chi connectivity index (χ0) is 22.4. The van der Waals surface area contributed by atoms with Gasteiger partial charge in [0, 0.05) is 18.5 Å². The van der Waals surface area contributed by atoms with Gasteiger partial charge in [-0.05, 0) is 41.0 Å². The molecule has 3 fully saturated rings. The first kappa shape index (κ1) is 20.5. The van der Waals surface area contributed by atoms with Crippen LogP contribution in [0.5, 0.6) is 0 Å². The van der Waals surface area contributed by atoms with Crippen molar-refractivity contribution in [3.63, 3.8) is 0 Å². The Labute approximate surface area is 186 Å². The number of nitrogens with zero attached hydrogens (tertiary/aromatic N) is 1. The summed E-state index contributed by atoms with van der Waals surface area (Å²) < 4.78 is 5.57. The van der Waals surface area contributed by atoms with Gasteiger partial charge in [0.05, 0.1) is 5.92 Å². The minimum absolute atomic E-state index is 0.0217. The molecule has 4 aliphatic rings. The van der Waals surface area contributed by atoms with Gasteiger partial charge in [0.15, 0.2) is 0 Å². The van der Waals surface area contributed by atoms with Crippen LogP contribution in [-0.4, -0.2) is 53.2 Å². The van der Waals surface area contributed by atoms with Crippen LogP contribution in [0.3, 0.4) is 0 Å². The number of carbonyl (C=O) groups is 3. The summed E-state index contributed by atoms with van der Waals surface area (Å²) in [5.41, 5.74) is 4.56. The second-order valence-electron chi connectivity index (χ2n) is 8.85. The van der Waals surface area contributed by atoms with E-state index in [2.05, 4.69) is 29.6 Å². The van der Waals surface area contributed by atoms with E-state index in [0.717, 1.165) is 28.7 Å². The van der Waals surface area contributed by atoms with Crippen molar-refractivity contribution in [1.82, 2.24) is 10.2 Å². The third-order valence-corrected chi connectivity index (χ3v) is 7.21. The quantitative estimate of drug-likeness (QED) is 0.728. The number of nitrogens with one attached hydrogen (secondary N) is 1. The van der Waals surface area contributed by atoms with E-state index in [0.29, 0.717) is 13.0 Å². The van der Waals surface area contributed by atoms with Crippen LogP contribution in [0.4, 0.5) is 4.79 Å². The van der Waals surface area contributed by atoms with Gasteiger partial charge in [0.2, 0.25) is 5.91 Å². The fourth-order valence-electron chi connectivity index (χ4n) is 5.56. The van der Waals surface area contributed by atoms with Gasteiger partial charge in [-0.3, -0.25) is 9.59 Å². The van der Waals surface area contributed by atoms with Crippen molar-refractivity contribution in [2.24, 2.45) is 11.8 Å². The molecule has 166 valence electrons. The monoisotopic (exact) mass is 434 g/mol. The minimum Gasteiger partial charge on any atom is -0.481 e. The maximum absolute atomic E-state index is 13.0. The number of carboxylic acids is 1. The van der Waals surface area contributed by atoms with Crippen molar-refractivity contribution >= 4 is 18.0 Å². The molecular formula is C25H26N2O5. The molecule has 2 N–H and O–H groups in total. The maximum Gasteiger partial charge on any atom is 0.407 e. The number of ether oxygens (including phenoxy) is 1. The molecule has 2 aromatic carbocycles. The van der Waals surface area contributed by atoms with Crippen molar-refractivity contribution in [2.45, 2.75) is 37.8 Å². The Morgan fingerprint density at radius 1 is 1.09 bits per heavy atom. The van der Waals surface area contributed by atoms with Crippen molar-refractivity contribution in [2.75, 3.05) is 13.2 Å². The van der Waals surface area contributed by atoms with Gasteiger partial charge in [0.1, 0.15) is 12.6 Å². The second kappa shape index (κ2) is 7.97. The molecule has 0 radical (unpaired) electrons. The lowest BCUT2D eigenvalue weighted by atomic mass is 9.74. The predicted molar refractivity (Wildman–Crippen MR) is 117 cm³/mol. The Hall–Kier alpha value is -3.35. The van der Waals surface area contributed by atoms with Gasteiger partial charge in [-0.15, -0.1) is 0 Å². The molecule has 2 saturated heterocycles. The molecule has 2 aliphatic heterocycles. The SMILES string of the molecule is CC[C@@H](NC(=O)OCC1c2ccccc2-c2ccccc21)C(=O)N1CC2CC1C2C(=O)O. The third-order valence-electron chi connectivity index (χ3n) is 7.21. The van der Waals surface area contributed by atoms with E-state index >= 15 is 0 Å². The van der Waals surface area contributed by atoms with Gasteiger partial charge >= 0.3 is 12.1 Å². The normalized spacial score (nSPS) is 23.7. The Morgan fingerprint density at radius 2 is 1.72 bits per heavy atom. The van der Waals surface area contributed by atoms with Crippen molar-refractivity contribution in [3.8, 4) is 11.1 Å². The van der Waals surface area contributed by atoms with Crippen LogP contribution >= 0.6 is 0 Å². The topological polar surface area (TPSA) is 95.9 Å². The molecule has 6 rings (SSSR count). The first-order chi connectivity index (χ1) is 15.5. The van der Waals surface area contributed by atoms with E-state index < -0.39 is 24.0 Å². The number of amides is 2. The first-order valence-corrected chi connectivity index (χ1v) is 11.1. The highest BCUT2D eigenvalue weighted by Gasteiger charge is 2.57. The Balaban J connectivity index is 1.22. The summed E-state index contributed by atoms with van der Waals surface area (Å²) in [4.78, 5) is 38.6. The molecule has 2 bridgehead atoms. The summed E-state index contributed by atoms with van der Waals surface area (Å²) in [6.07, 6.45) is 0.507. The van der Waals surface area contributed by atoms with E-state index in [1.807, 2.05) is 31.2 Å². The second-order valence-corrected chi connectivity index (χ2v) is 8.85. The largest absolute Gasteiger partial charge is 0.481 e. The van der Waals surface area contributed by atoms with Crippen LogP contribution in [-0.2, 0) is 14.3 Å². The number of benzene rings is 2. The van der Waals surface area contributed by atoms with E-state index in [-0.39, 0.29) is 30.4 Å². The van der Waals surface area contributed by atoms with Gasteiger partial charge in [0.25, 0.3) is 0 Å². The van der Waals surface area contributed by atoms with Gasteiger partial charge < -0.3 is 20.1 Å². The molecule has 7 nitrogen and oxygen atoms in total. The summed E-state index contributed by atoms with van der Waals surface area (Å²) in [7, 11) is 0. The molecule has 4 atom stereocenters. The smallest absolute Gasteiger partial charge is 0.407 e. The van der Waals surface area contributed by atoms with Crippen LogP contribution in [0.25, 0.3) is 11.1 Å². The van der Waals surface area contributed by atoms with Crippen molar-refractivity contribution < 1.29 is 24.2 Å². The van der Waals surface area contributed by atoms with Gasteiger partial charge in [-0.1, -0.05) is 55.5 Å². The van der Waals surface area contributed by atoms with Crippen LogP contribution in [0.2, 0.25) is 0 Å². The third kappa shape index (κ3) is 3.23. The van der Waals surface area contributed by atoms with E-state index in [9.17, 15) is 19.5 Å². The predicted octanol–water partition coefficient (Wildman–Crippen LogP) is 3.24. The molecule has 3 unspecified atom stereocenters. The molecule has 2 heterocycles. The Bertz CT molecular complexity index is 1040. The highest BCUT2D eigenvalue weighted by atomic mass is 16.5. The zero-order valence-electron chi connectivity index (χ0n) is 17.9. The molecule has 2 aliphatic carbocycles. The zero-order valence-corrected chi connectivity index (χ0v) is 17.9. The number of alkyl carbamates (subject to hydrolysis) is 1. The van der Waals surface area contributed by atoms with E-state index in [1.54, 1.807) is 4.90 Å². The highest BCUT2D eigenvalue weighted by Crippen LogP contribution is 2.47. The summed E-state index contributed by atoms with van der Waals surface area (Å²) >= 11 is 0. The molecule has 32 heavy (non-hydrogen) atoms. The van der Waals surface area contributed by atoms with Gasteiger partial charge in [-0.25, -0.2) is 4.79 Å². The first-order valence-electron chi connectivity index (χ1n) is 11.1. The molecule has 1 saturated carbocycles. The lowest BCUT2D eigenvalue weighted by molar-refractivity contribution is -0.148. The fourth-order valence-corrected chi connectivity index (χ4v) is 5.56. The Morgan fingerprint density at radius 3 is 2.28 bits per heavy atom. The number of aliphatic carboxylic acids is 1. The lowest BCUT2D eigenvalue weighted by Gasteiger charge is -2.34. The molecule has 7 heteroatoms. The van der Waals surface area contributed by atoms with Crippen molar-refractivity contribution in [3.05, 3.63) is 59.7 Å². The minimum atomic E-state index is -0.848. The average molecular weight is 434 g/mol. The van der Waals surface area contributed by atoms with Gasteiger partial charge in [-0.2, -0.15) is 0 Å². The molecule has 2 aromatic rings. The Kier molecular flexibility index (Phi) is 5.12. The number of carbonyl (C=O) groups excluding carboxylic acids is 2. The maximum atomic E-state index is 13.0. The van der Waals surface area contributed by atoms with E-state index in [4.69, 9.17) is 4.74 Å². The standard InChI is InChI=1S/C25H26N2O5/c1-2-20(23(28)27-12-14-11-21(27)22(14)24(29)30)26-25(31)32-13-19-17-9-5-3-7-15(17)16-8-4-6-10-18(16)19/h3-10,14,19-22H,2,11-13H2,1H3,(H,26,31)(H,29,30)/t14?,20-,21?,22?/m1/s1. The lowest BCUT2D eigenvalue weighted by Crippen LogP contribution is -2.51. The fraction of sp³-hybridized carbons (Fsp3) is 0.400. The number of hydrogen-bond acceptors (Lipinski definition) is 4. The number of fused-ring (bicyclic) bond motifs is 4. The molecular weight excluding hydrogens is 408 g/mol. The van der Waals surface area contributed by atoms with Crippen molar-refractivity contribution in [1.29, 1.82) is 0 Å². The van der Waals surface area contributed by atoms with Crippen LogP contribution in [0, 0.1) is 11.8 Å². The number of rotatable bonds is 6. The summed E-state index contributed by atoms with van der Waals surface area (Å²) in [5, 5.41) is 12.0. The van der Waals surface area contributed by atoms with Crippen LogP contribution in [0.1, 0.15) is 36.8 Å². The average Bonchev–Trinajstić information content (AvgIpc) is 3.46. The molecule has 2 amide bonds. The number of carboxylic acid groups (broad SMARTS) is 1. The summed E-state index contributed by atoms with van der Waals surface area (Å²) in [6.45, 7) is 2.45.